The average Bonchev–Trinajstić information content (AvgIpc) is 2.71. The third-order valence-corrected chi connectivity index (χ3v) is 2.75. The molecule has 1 aromatic rings. The number of nitrogens with zero attached hydrogens (tertiary/aromatic N) is 1. The van der Waals surface area contributed by atoms with Crippen LogP contribution in [0.1, 0.15) is 23.2 Å². The van der Waals surface area contributed by atoms with E-state index in [1.807, 2.05) is 0 Å². The van der Waals surface area contributed by atoms with Gasteiger partial charge in [0.2, 0.25) is 0 Å². The second-order valence-corrected chi connectivity index (χ2v) is 3.88. The summed E-state index contributed by atoms with van der Waals surface area (Å²) < 4.78 is 9.92. The number of nitrogens with two attached hydrogens (primary N) is 1. The van der Waals surface area contributed by atoms with Crippen LogP contribution < -0.4 is 11.1 Å². The van der Waals surface area contributed by atoms with E-state index in [1.54, 1.807) is 0 Å². The second kappa shape index (κ2) is 5.05. The zero-order valence-corrected chi connectivity index (χ0v) is 9.66. The molecule has 0 aromatic carbocycles. The number of aromatic amines is 1. The van der Waals surface area contributed by atoms with Crippen LogP contribution >= 0.6 is 0 Å². The van der Waals surface area contributed by atoms with Crippen LogP contribution in [0.15, 0.2) is 0 Å². The lowest BCUT2D eigenvalue weighted by molar-refractivity contribution is 0.0603. The first kappa shape index (κ1) is 11.7. The zero-order valence-electron chi connectivity index (χ0n) is 9.66. The number of rotatable bonds is 3. The minimum Gasteiger partial charge on any atom is -0.465 e. The summed E-state index contributed by atoms with van der Waals surface area (Å²) in [5.74, 6) is 0.165. The molecule has 1 aliphatic heterocycles. The number of methoxy groups -OCH3 is 1. The predicted molar refractivity (Wildman–Crippen MR) is 61.8 cm³/mol. The van der Waals surface area contributed by atoms with E-state index in [0.29, 0.717) is 19.0 Å². The Balaban J connectivity index is 2.12. The maximum absolute atomic E-state index is 11.5. The van der Waals surface area contributed by atoms with Gasteiger partial charge in [0.15, 0.2) is 5.82 Å². The van der Waals surface area contributed by atoms with E-state index in [-0.39, 0.29) is 17.4 Å². The van der Waals surface area contributed by atoms with Crippen LogP contribution in [0.25, 0.3) is 0 Å². The molecule has 1 aromatic heterocycles. The molecule has 0 amide bonds. The fraction of sp³-hybridized carbons (Fsp3) is 0.600. The van der Waals surface area contributed by atoms with Crippen LogP contribution in [0.4, 0.5) is 11.6 Å². The minimum absolute atomic E-state index is 0.214. The first-order chi connectivity index (χ1) is 8.22. The smallest absolute Gasteiger partial charge is 0.345 e. The maximum Gasteiger partial charge on any atom is 0.345 e. The van der Waals surface area contributed by atoms with E-state index in [4.69, 9.17) is 10.5 Å². The van der Waals surface area contributed by atoms with Gasteiger partial charge in [-0.15, -0.1) is 0 Å². The number of nitrogen functional groups attached to an aromatic ring is 1. The molecule has 1 saturated heterocycles. The molecule has 0 atom stereocenters. The number of esters is 1. The Morgan fingerprint density at radius 2 is 2.29 bits per heavy atom. The van der Waals surface area contributed by atoms with Crippen LogP contribution in [0.2, 0.25) is 0 Å². The van der Waals surface area contributed by atoms with Crippen LogP contribution in [0.5, 0.6) is 0 Å². The summed E-state index contributed by atoms with van der Waals surface area (Å²) in [6.45, 7) is 1.43. The lowest BCUT2D eigenvalue weighted by atomic mass is 10.1. The lowest BCUT2D eigenvalue weighted by Crippen LogP contribution is -2.28. The van der Waals surface area contributed by atoms with Crippen molar-refractivity contribution in [2.45, 2.75) is 18.9 Å². The van der Waals surface area contributed by atoms with E-state index in [2.05, 4.69) is 20.3 Å². The standard InChI is InChI=1S/C10H16N4O3/c1-16-10(15)7-8(11)13-14-9(7)12-6-2-4-17-5-3-6/h6H,2-5H2,1H3,(H4,11,12,13,14). The van der Waals surface area contributed by atoms with Gasteiger partial charge in [-0.3, -0.25) is 5.10 Å². The van der Waals surface area contributed by atoms with E-state index in [1.165, 1.54) is 7.11 Å². The largest absolute Gasteiger partial charge is 0.465 e. The quantitative estimate of drug-likeness (QED) is 0.660. The highest BCUT2D eigenvalue weighted by Crippen LogP contribution is 2.22. The molecule has 0 bridgehead atoms. The number of H-pyrrole nitrogens is 1. The van der Waals surface area contributed by atoms with Crippen LogP contribution in [0.3, 0.4) is 0 Å². The maximum atomic E-state index is 11.5. The first-order valence-corrected chi connectivity index (χ1v) is 5.48. The van der Waals surface area contributed by atoms with Crippen molar-refractivity contribution in [1.82, 2.24) is 10.2 Å². The van der Waals surface area contributed by atoms with Crippen molar-refractivity contribution in [2.75, 3.05) is 31.4 Å². The van der Waals surface area contributed by atoms with Crippen LogP contribution in [-0.2, 0) is 9.47 Å². The summed E-state index contributed by atoms with van der Waals surface area (Å²) >= 11 is 0. The number of aromatic nitrogens is 2. The molecule has 1 aliphatic rings. The predicted octanol–water partition coefficient (Wildman–Crippen LogP) is 0.369. The monoisotopic (exact) mass is 240 g/mol. The van der Waals surface area contributed by atoms with Gasteiger partial charge < -0.3 is 20.5 Å². The van der Waals surface area contributed by atoms with Crippen molar-refractivity contribution >= 4 is 17.6 Å². The number of hydrogen-bond acceptors (Lipinski definition) is 6. The topological polar surface area (TPSA) is 102 Å². The zero-order chi connectivity index (χ0) is 12.3. The Morgan fingerprint density at radius 1 is 1.59 bits per heavy atom. The summed E-state index contributed by atoms with van der Waals surface area (Å²) in [6.07, 6.45) is 1.76. The molecule has 0 saturated carbocycles. The molecule has 1 fully saturated rings. The van der Waals surface area contributed by atoms with Crippen molar-refractivity contribution in [3.8, 4) is 0 Å². The Hall–Kier alpha value is -1.76. The summed E-state index contributed by atoms with van der Waals surface area (Å²) in [7, 11) is 1.31. The lowest BCUT2D eigenvalue weighted by Gasteiger charge is -2.23. The summed E-state index contributed by atoms with van der Waals surface area (Å²) in [4.78, 5) is 11.5. The number of carbonyl (C=O) groups excluding carboxylic acids is 1. The molecule has 94 valence electrons. The third kappa shape index (κ3) is 2.50. The summed E-state index contributed by atoms with van der Waals surface area (Å²) in [5, 5.41) is 9.73. The van der Waals surface area contributed by atoms with E-state index >= 15 is 0 Å². The summed E-state index contributed by atoms with van der Waals surface area (Å²) in [6, 6.07) is 0.245. The highest BCUT2D eigenvalue weighted by atomic mass is 16.5. The van der Waals surface area contributed by atoms with Gasteiger partial charge in [0.05, 0.1) is 7.11 Å². The molecule has 4 N–H and O–H groups in total. The van der Waals surface area contributed by atoms with E-state index in [9.17, 15) is 4.79 Å². The molecule has 17 heavy (non-hydrogen) atoms. The van der Waals surface area contributed by atoms with Crippen molar-refractivity contribution < 1.29 is 14.3 Å². The molecular formula is C10H16N4O3. The number of anilines is 2. The molecule has 2 heterocycles. The van der Waals surface area contributed by atoms with Crippen molar-refractivity contribution in [2.24, 2.45) is 0 Å². The van der Waals surface area contributed by atoms with Gasteiger partial charge in [0.25, 0.3) is 0 Å². The van der Waals surface area contributed by atoms with Gasteiger partial charge in [-0.2, -0.15) is 5.10 Å². The SMILES string of the molecule is COC(=O)c1c(NC2CCOCC2)n[nH]c1N. The highest BCUT2D eigenvalue weighted by molar-refractivity contribution is 5.99. The van der Waals surface area contributed by atoms with Crippen LogP contribution in [-0.4, -0.2) is 42.5 Å². The normalized spacial score (nSPS) is 16.8. The minimum atomic E-state index is -0.495. The van der Waals surface area contributed by atoms with Gasteiger partial charge in [-0.05, 0) is 12.8 Å². The second-order valence-electron chi connectivity index (χ2n) is 3.88. The fourth-order valence-corrected chi connectivity index (χ4v) is 1.80. The van der Waals surface area contributed by atoms with Gasteiger partial charge in [-0.25, -0.2) is 4.79 Å². The molecule has 0 spiro atoms. The molecule has 7 nitrogen and oxygen atoms in total. The molecule has 7 heteroatoms. The first-order valence-electron chi connectivity index (χ1n) is 5.48. The Kier molecular flexibility index (Phi) is 3.48. The Morgan fingerprint density at radius 3 is 2.94 bits per heavy atom. The molecule has 0 unspecified atom stereocenters. The Labute approximate surface area is 98.7 Å². The van der Waals surface area contributed by atoms with Gasteiger partial charge in [-0.1, -0.05) is 0 Å². The number of ether oxygens (including phenoxy) is 2. The average molecular weight is 240 g/mol. The van der Waals surface area contributed by atoms with Crippen LogP contribution in [0, 0.1) is 0 Å². The fourth-order valence-electron chi connectivity index (χ4n) is 1.80. The molecule has 0 aliphatic carbocycles. The molecule has 0 radical (unpaired) electrons. The Bertz CT molecular complexity index is 398. The van der Waals surface area contributed by atoms with Crippen molar-refractivity contribution in [3.63, 3.8) is 0 Å². The van der Waals surface area contributed by atoms with Gasteiger partial charge in [0.1, 0.15) is 11.4 Å². The molecular weight excluding hydrogens is 224 g/mol. The van der Waals surface area contributed by atoms with Gasteiger partial charge in [0, 0.05) is 19.3 Å². The summed E-state index contributed by atoms with van der Waals surface area (Å²) in [5.41, 5.74) is 5.90. The third-order valence-electron chi connectivity index (χ3n) is 2.75. The highest BCUT2D eigenvalue weighted by Gasteiger charge is 2.22. The van der Waals surface area contributed by atoms with Gasteiger partial charge >= 0.3 is 5.97 Å². The number of hydrogen-bond donors (Lipinski definition) is 3. The van der Waals surface area contributed by atoms with E-state index in [0.717, 1.165) is 12.8 Å². The van der Waals surface area contributed by atoms with E-state index < -0.39 is 5.97 Å². The van der Waals surface area contributed by atoms with Crippen molar-refractivity contribution in [1.29, 1.82) is 0 Å². The number of carbonyl (C=O) groups is 1. The molecule has 2 rings (SSSR count). The van der Waals surface area contributed by atoms with Crippen molar-refractivity contribution in [3.05, 3.63) is 5.56 Å². The number of nitrogens with one attached hydrogen (secondary N) is 2.